The third kappa shape index (κ3) is 1.06. The second kappa shape index (κ2) is 2.49. The second-order valence-corrected chi connectivity index (χ2v) is 2.97. The minimum Gasteiger partial charge on any atom is -0.273 e. The molecule has 0 aromatic rings. The molecule has 0 aromatic carbocycles. The first-order valence-electron chi connectivity index (χ1n) is 3.86. The van der Waals surface area contributed by atoms with Crippen LogP contribution in [0.2, 0.25) is 0 Å². The number of rotatable bonds is 0. The van der Waals surface area contributed by atoms with Gasteiger partial charge in [0.1, 0.15) is 0 Å². The summed E-state index contributed by atoms with van der Waals surface area (Å²) in [5, 5.41) is 3.78. The Bertz CT molecular complexity index is 232. The van der Waals surface area contributed by atoms with Gasteiger partial charge in [-0.3, -0.25) is 4.79 Å². The molecule has 1 heterocycles. The molecule has 0 saturated heterocycles. The van der Waals surface area contributed by atoms with Gasteiger partial charge in [-0.1, -0.05) is 12.2 Å². The van der Waals surface area contributed by atoms with Gasteiger partial charge < -0.3 is 0 Å². The summed E-state index contributed by atoms with van der Waals surface area (Å²) in [6.07, 6.45) is 7.85. The molecule has 0 radical (unpaired) electrons. The fraction of sp³-hybridized carbons (Fsp3) is 0.500. The first-order valence-corrected chi connectivity index (χ1v) is 3.86. The number of carbonyl (C=O) groups is 1. The Kier molecular flexibility index (Phi) is 1.49. The largest absolute Gasteiger partial charge is 0.273 e. The van der Waals surface area contributed by atoms with Gasteiger partial charge in [-0.05, 0) is 12.8 Å². The molecule has 1 aliphatic carbocycles. The monoisotopic (exact) mass is 150 g/mol. The molecule has 0 unspecified atom stereocenters. The standard InChI is InChI=1S/C8H10N2O/c11-8-7-4-2-1-3-6(7)5-9-10-8/h1-2,5-7H,3-4H2,(H,10,11)/t6-,7-/m0/s1. The van der Waals surface area contributed by atoms with Crippen molar-refractivity contribution in [1.82, 2.24) is 5.43 Å². The summed E-state index contributed by atoms with van der Waals surface area (Å²) in [7, 11) is 0. The van der Waals surface area contributed by atoms with Crippen LogP contribution in [0.3, 0.4) is 0 Å². The van der Waals surface area contributed by atoms with Gasteiger partial charge in [-0.2, -0.15) is 5.10 Å². The molecule has 2 atom stereocenters. The van der Waals surface area contributed by atoms with Crippen molar-refractivity contribution in [1.29, 1.82) is 0 Å². The predicted octanol–water partition coefficient (Wildman–Crippen LogP) is 0.684. The van der Waals surface area contributed by atoms with Crippen LogP contribution in [0.15, 0.2) is 17.3 Å². The summed E-state index contributed by atoms with van der Waals surface area (Å²) >= 11 is 0. The maximum absolute atomic E-state index is 11.2. The van der Waals surface area contributed by atoms with E-state index in [0.29, 0.717) is 5.92 Å². The minimum atomic E-state index is 0.0712. The summed E-state index contributed by atoms with van der Waals surface area (Å²) < 4.78 is 0. The molecule has 2 rings (SSSR count). The molecule has 2 aliphatic rings. The zero-order chi connectivity index (χ0) is 7.68. The Morgan fingerprint density at radius 1 is 1.45 bits per heavy atom. The molecular formula is C8H10N2O. The highest BCUT2D eigenvalue weighted by atomic mass is 16.2. The SMILES string of the molecule is O=C1NN=C[C@@H]2CC=CC[C@H]12. The molecule has 1 N–H and O–H groups in total. The van der Waals surface area contributed by atoms with Gasteiger partial charge in [0.2, 0.25) is 5.91 Å². The first kappa shape index (κ1) is 6.58. The molecule has 1 amide bonds. The maximum Gasteiger partial charge on any atom is 0.244 e. The van der Waals surface area contributed by atoms with Gasteiger partial charge in [0.05, 0.1) is 5.92 Å². The van der Waals surface area contributed by atoms with Crippen molar-refractivity contribution < 1.29 is 4.79 Å². The fourth-order valence-electron chi connectivity index (χ4n) is 1.58. The van der Waals surface area contributed by atoms with Crippen molar-refractivity contribution in [3.05, 3.63) is 12.2 Å². The molecule has 0 aromatic heterocycles. The average Bonchev–Trinajstić information content (AvgIpc) is 2.06. The van der Waals surface area contributed by atoms with Gasteiger partial charge in [0.25, 0.3) is 0 Å². The van der Waals surface area contributed by atoms with Gasteiger partial charge >= 0.3 is 0 Å². The molecule has 0 fully saturated rings. The molecule has 0 spiro atoms. The molecule has 58 valence electrons. The van der Waals surface area contributed by atoms with Gasteiger partial charge in [0.15, 0.2) is 0 Å². The molecule has 3 nitrogen and oxygen atoms in total. The Labute approximate surface area is 65.2 Å². The quantitative estimate of drug-likeness (QED) is 0.507. The third-order valence-electron chi connectivity index (χ3n) is 2.26. The van der Waals surface area contributed by atoms with Gasteiger partial charge in [-0.25, -0.2) is 5.43 Å². The number of nitrogens with zero attached hydrogens (tertiary/aromatic N) is 1. The number of fused-ring (bicyclic) bond motifs is 1. The van der Waals surface area contributed by atoms with Gasteiger partial charge in [-0.15, -0.1) is 0 Å². The second-order valence-electron chi connectivity index (χ2n) is 2.97. The molecular weight excluding hydrogens is 140 g/mol. The average molecular weight is 150 g/mol. The number of hydrazone groups is 1. The summed E-state index contributed by atoms with van der Waals surface area (Å²) in [6, 6.07) is 0. The number of hydrogen-bond acceptors (Lipinski definition) is 2. The van der Waals surface area contributed by atoms with Crippen LogP contribution < -0.4 is 5.43 Å². The highest BCUT2D eigenvalue weighted by Gasteiger charge is 2.29. The smallest absolute Gasteiger partial charge is 0.244 e. The molecule has 11 heavy (non-hydrogen) atoms. The summed E-state index contributed by atoms with van der Waals surface area (Å²) in [6.45, 7) is 0. The molecule has 1 aliphatic heterocycles. The van der Waals surface area contributed by atoms with E-state index in [1.807, 2.05) is 6.21 Å². The first-order chi connectivity index (χ1) is 5.38. The number of carbonyl (C=O) groups excluding carboxylic acids is 1. The van der Waals surface area contributed by atoms with E-state index in [-0.39, 0.29) is 11.8 Å². The van der Waals surface area contributed by atoms with Crippen LogP contribution in [0, 0.1) is 11.8 Å². The van der Waals surface area contributed by atoms with Crippen LogP contribution in [-0.4, -0.2) is 12.1 Å². The van der Waals surface area contributed by atoms with Crippen molar-refractivity contribution in [2.75, 3.05) is 0 Å². The Morgan fingerprint density at radius 3 is 3.09 bits per heavy atom. The Hall–Kier alpha value is -1.12. The Balaban J connectivity index is 2.23. The summed E-state index contributed by atoms with van der Waals surface area (Å²) in [5.74, 6) is 0.549. The van der Waals surface area contributed by atoms with Crippen LogP contribution in [0.4, 0.5) is 0 Å². The van der Waals surface area contributed by atoms with Crippen molar-refractivity contribution in [2.24, 2.45) is 16.9 Å². The van der Waals surface area contributed by atoms with E-state index in [1.54, 1.807) is 0 Å². The van der Waals surface area contributed by atoms with E-state index in [4.69, 9.17) is 0 Å². The zero-order valence-corrected chi connectivity index (χ0v) is 6.16. The number of allylic oxidation sites excluding steroid dienone is 2. The summed E-state index contributed by atoms with van der Waals surface area (Å²) in [5.41, 5.74) is 2.48. The van der Waals surface area contributed by atoms with Crippen LogP contribution in [0.5, 0.6) is 0 Å². The van der Waals surface area contributed by atoms with E-state index in [1.165, 1.54) is 0 Å². The van der Waals surface area contributed by atoms with Crippen molar-refractivity contribution >= 4 is 12.1 Å². The van der Waals surface area contributed by atoms with Crippen LogP contribution in [0.1, 0.15) is 12.8 Å². The minimum absolute atomic E-state index is 0.0712. The normalized spacial score (nSPS) is 34.7. The molecule has 0 saturated carbocycles. The maximum atomic E-state index is 11.2. The van der Waals surface area contributed by atoms with Crippen LogP contribution in [0.25, 0.3) is 0 Å². The predicted molar refractivity (Wildman–Crippen MR) is 42.0 cm³/mol. The van der Waals surface area contributed by atoms with E-state index >= 15 is 0 Å². The highest BCUT2D eigenvalue weighted by molar-refractivity contribution is 5.86. The van der Waals surface area contributed by atoms with Crippen molar-refractivity contribution in [3.63, 3.8) is 0 Å². The highest BCUT2D eigenvalue weighted by Crippen LogP contribution is 2.25. The lowest BCUT2D eigenvalue weighted by Gasteiger charge is -2.26. The van der Waals surface area contributed by atoms with E-state index < -0.39 is 0 Å². The van der Waals surface area contributed by atoms with Crippen molar-refractivity contribution in [3.8, 4) is 0 Å². The lowest BCUT2D eigenvalue weighted by molar-refractivity contribution is -0.126. The number of amides is 1. The van der Waals surface area contributed by atoms with Crippen molar-refractivity contribution in [2.45, 2.75) is 12.8 Å². The summed E-state index contributed by atoms with van der Waals surface area (Å²) in [4.78, 5) is 11.2. The lowest BCUT2D eigenvalue weighted by atomic mass is 9.83. The van der Waals surface area contributed by atoms with Crippen LogP contribution in [-0.2, 0) is 4.79 Å². The van der Waals surface area contributed by atoms with E-state index in [9.17, 15) is 4.79 Å². The number of hydrogen-bond donors (Lipinski definition) is 1. The molecule has 0 bridgehead atoms. The Morgan fingerprint density at radius 2 is 2.27 bits per heavy atom. The van der Waals surface area contributed by atoms with Crippen LogP contribution >= 0.6 is 0 Å². The van der Waals surface area contributed by atoms with Gasteiger partial charge in [0, 0.05) is 12.1 Å². The van der Waals surface area contributed by atoms with E-state index in [2.05, 4.69) is 22.7 Å². The third-order valence-corrected chi connectivity index (χ3v) is 2.26. The zero-order valence-electron chi connectivity index (χ0n) is 6.16. The topological polar surface area (TPSA) is 41.5 Å². The lowest BCUT2D eigenvalue weighted by Crippen LogP contribution is -2.38. The van der Waals surface area contributed by atoms with E-state index in [0.717, 1.165) is 12.8 Å². The fourth-order valence-corrected chi connectivity index (χ4v) is 1.58. The number of nitrogens with one attached hydrogen (secondary N) is 1. The molecule has 3 heteroatoms.